The fraction of sp³-hybridized carbons (Fsp3) is 0.286. The second kappa shape index (κ2) is 7.34. The molecule has 7 nitrogen and oxygen atoms in total. The lowest BCUT2D eigenvalue weighted by atomic mass is 10.1. The quantitative estimate of drug-likeness (QED) is 0.629. The van der Waals surface area contributed by atoms with Crippen LogP contribution in [0.5, 0.6) is 0 Å². The summed E-state index contributed by atoms with van der Waals surface area (Å²) in [5, 5.41) is 6.40. The molecule has 2 amide bonds. The number of rotatable bonds is 5. The lowest BCUT2D eigenvalue weighted by molar-refractivity contribution is -0.120. The first-order valence-electron chi connectivity index (χ1n) is 9.30. The van der Waals surface area contributed by atoms with E-state index in [-0.39, 0.29) is 11.5 Å². The molecule has 1 aliphatic heterocycles. The molecule has 3 N–H and O–H groups in total. The maximum Gasteiger partial charge on any atom is 0.349 e. The van der Waals surface area contributed by atoms with Gasteiger partial charge in [-0.2, -0.15) is 0 Å². The van der Waals surface area contributed by atoms with Crippen LogP contribution in [0.15, 0.2) is 45.7 Å². The van der Waals surface area contributed by atoms with Crippen LogP contribution in [0.25, 0.3) is 10.9 Å². The normalized spacial score (nSPS) is 16.3. The van der Waals surface area contributed by atoms with Gasteiger partial charge in [-0.15, -0.1) is 0 Å². The summed E-state index contributed by atoms with van der Waals surface area (Å²) >= 11 is 0. The molecule has 28 heavy (non-hydrogen) atoms. The van der Waals surface area contributed by atoms with Crippen molar-refractivity contribution in [3.63, 3.8) is 0 Å². The van der Waals surface area contributed by atoms with E-state index in [0.717, 1.165) is 16.5 Å². The summed E-state index contributed by atoms with van der Waals surface area (Å²) in [5.41, 5.74) is 2.03. The Labute approximate surface area is 161 Å². The van der Waals surface area contributed by atoms with Gasteiger partial charge in [0.25, 0.3) is 5.91 Å². The standard InChI is InChI=1S/C21H21N3O4/c1-12-10-14(7-6-13-11-23-16-5-3-2-4-15(13)16)28-21(27)18(12)20(26)24-17-8-9-22-19(17)25/h2-5,10-11,17,23H,6-9H2,1H3,(H,22,25)(H,24,26). The minimum absolute atomic E-state index is 0.0458. The van der Waals surface area contributed by atoms with E-state index >= 15 is 0 Å². The van der Waals surface area contributed by atoms with Crippen molar-refractivity contribution >= 4 is 22.7 Å². The van der Waals surface area contributed by atoms with Crippen molar-refractivity contribution in [1.82, 2.24) is 15.6 Å². The van der Waals surface area contributed by atoms with Gasteiger partial charge in [-0.25, -0.2) is 4.79 Å². The van der Waals surface area contributed by atoms with Gasteiger partial charge in [-0.1, -0.05) is 18.2 Å². The summed E-state index contributed by atoms with van der Waals surface area (Å²) in [6.45, 7) is 2.22. The minimum atomic E-state index is -0.676. The fourth-order valence-electron chi connectivity index (χ4n) is 3.63. The molecule has 0 bridgehead atoms. The first-order valence-corrected chi connectivity index (χ1v) is 9.30. The molecule has 0 radical (unpaired) electrons. The highest BCUT2D eigenvalue weighted by Gasteiger charge is 2.28. The molecule has 0 aliphatic carbocycles. The average molecular weight is 379 g/mol. The van der Waals surface area contributed by atoms with E-state index < -0.39 is 17.6 Å². The number of aryl methyl sites for hydroxylation is 3. The first kappa shape index (κ1) is 18.0. The highest BCUT2D eigenvalue weighted by atomic mass is 16.4. The van der Waals surface area contributed by atoms with Gasteiger partial charge < -0.3 is 20.0 Å². The monoisotopic (exact) mass is 379 g/mol. The lowest BCUT2D eigenvalue weighted by Gasteiger charge is -2.11. The third kappa shape index (κ3) is 3.43. The predicted molar refractivity (Wildman–Crippen MR) is 104 cm³/mol. The average Bonchev–Trinajstić information content (AvgIpc) is 3.26. The Balaban J connectivity index is 1.50. The lowest BCUT2D eigenvalue weighted by Crippen LogP contribution is -2.42. The molecule has 0 saturated carbocycles. The number of nitrogens with one attached hydrogen (secondary N) is 3. The number of amides is 2. The Kier molecular flexibility index (Phi) is 4.73. The zero-order valence-electron chi connectivity index (χ0n) is 15.5. The molecule has 1 aliphatic rings. The van der Waals surface area contributed by atoms with Crippen LogP contribution in [0.3, 0.4) is 0 Å². The maximum atomic E-state index is 12.4. The van der Waals surface area contributed by atoms with Crippen molar-refractivity contribution in [1.29, 1.82) is 0 Å². The van der Waals surface area contributed by atoms with Gasteiger partial charge >= 0.3 is 5.63 Å². The van der Waals surface area contributed by atoms with Crippen LogP contribution in [0, 0.1) is 6.92 Å². The number of H-pyrrole nitrogens is 1. The smallest absolute Gasteiger partial charge is 0.349 e. The summed E-state index contributed by atoms with van der Waals surface area (Å²) in [6.07, 6.45) is 3.73. The number of hydrogen-bond acceptors (Lipinski definition) is 4. The number of aromatic amines is 1. The number of aromatic nitrogens is 1. The Morgan fingerprint density at radius 1 is 1.25 bits per heavy atom. The molecule has 1 aromatic carbocycles. The number of hydrogen-bond donors (Lipinski definition) is 3. The van der Waals surface area contributed by atoms with E-state index in [1.54, 1.807) is 13.0 Å². The van der Waals surface area contributed by atoms with E-state index in [0.29, 0.717) is 37.1 Å². The SMILES string of the molecule is Cc1cc(CCc2c[nH]c3ccccc23)oc(=O)c1C(=O)NC1CCNC1=O. The van der Waals surface area contributed by atoms with Crippen LogP contribution in [-0.4, -0.2) is 29.4 Å². The fourth-order valence-corrected chi connectivity index (χ4v) is 3.63. The van der Waals surface area contributed by atoms with Gasteiger partial charge in [0, 0.05) is 30.1 Å². The van der Waals surface area contributed by atoms with Crippen molar-refractivity contribution in [2.45, 2.75) is 32.2 Å². The van der Waals surface area contributed by atoms with E-state index in [4.69, 9.17) is 4.42 Å². The third-order valence-electron chi connectivity index (χ3n) is 5.10. The van der Waals surface area contributed by atoms with E-state index in [1.807, 2.05) is 24.4 Å². The molecule has 2 aromatic heterocycles. The zero-order chi connectivity index (χ0) is 19.7. The summed E-state index contributed by atoms with van der Waals surface area (Å²) in [4.78, 5) is 39.7. The second-order valence-electron chi connectivity index (χ2n) is 7.02. The molecule has 3 heterocycles. The Morgan fingerprint density at radius 3 is 2.82 bits per heavy atom. The molecular formula is C21H21N3O4. The van der Waals surface area contributed by atoms with E-state index in [9.17, 15) is 14.4 Å². The zero-order valence-corrected chi connectivity index (χ0v) is 15.5. The van der Waals surface area contributed by atoms with Crippen LogP contribution in [0.2, 0.25) is 0 Å². The van der Waals surface area contributed by atoms with Crippen LogP contribution >= 0.6 is 0 Å². The summed E-state index contributed by atoms with van der Waals surface area (Å²) in [5.74, 6) is -0.273. The topological polar surface area (TPSA) is 104 Å². The number of para-hydroxylation sites is 1. The van der Waals surface area contributed by atoms with Gasteiger partial charge in [-0.3, -0.25) is 9.59 Å². The van der Waals surface area contributed by atoms with Gasteiger partial charge in [-0.05, 0) is 43.0 Å². The largest absolute Gasteiger partial charge is 0.427 e. The summed E-state index contributed by atoms with van der Waals surface area (Å²) in [7, 11) is 0. The number of carbonyl (C=O) groups is 2. The molecular weight excluding hydrogens is 358 g/mol. The molecule has 144 valence electrons. The molecule has 1 saturated heterocycles. The molecule has 1 unspecified atom stereocenters. The Hall–Kier alpha value is -3.35. The summed E-state index contributed by atoms with van der Waals surface area (Å²) in [6, 6.07) is 9.15. The number of carbonyl (C=O) groups excluding carboxylic acids is 2. The highest BCUT2D eigenvalue weighted by Crippen LogP contribution is 2.19. The van der Waals surface area contributed by atoms with E-state index in [2.05, 4.69) is 21.7 Å². The Bertz CT molecular complexity index is 1110. The first-order chi connectivity index (χ1) is 13.5. The predicted octanol–water partition coefficient (Wildman–Crippen LogP) is 1.83. The molecule has 0 spiro atoms. The molecule has 7 heteroatoms. The molecule has 1 atom stereocenters. The van der Waals surface area contributed by atoms with Crippen molar-refractivity contribution in [2.75, 3.05) is 6.54 Å². The van der Waals surface area contributed by atoms with Crippen molar-refractivity contribution in [2.24, 2.45) is 0 Å². The van der Waals surface area contributed by atoms with Crippen molar-refractivity contribution in [3.05, 3.63) is 69.4 Å². The van der Waals surface area contributed by atoms with Gasteiger partial charge in [0.1, 0.15) is 17.4 Å². The number of fused-ring (bicyclic) bond motifs is 1. The van der Waals surface area contributed by atoms with Crippen LogP contribution in [0.1, 0.15) is 33.7 Å². The van der Waals surface area contributed by atoms with Crippen molar-refractivity contribution in [3.8, 4) is 0 Å². The van der Waals surface area contributed by atoms with Crippen LogP contribution in [-0.2, 0) is 17.6 Å². The third-order valence-corrected chi connectivity index (χ3v) is 5.10. The maximum absolute atomic E-state index is 12.4. The van der Waals surface area contributed by atoms with Crippen molar-refractivity contribution < 1.29 is 14.0 Å². The van der Waals surface area contributed by atoms with Gasteiger partial charge in [0.2, 0.25) is 5.91 Å². The Morgan fingerprint density at radius 2 is 2.07 bits per heavy atom. The number of benzene rings is 1. The van der Waals surface area contributed by atoms with Gasteiger partial charge in [0.15, 0.2) is 0 Å². The molecule has 1 fully saturated rings. The minimum Gasteiger partial charge on any atom is -0.427 e. The second-order valence-corrected chi connectivity index (χ2v) is 7.02. The van der Waals surface area contributed by atoms with Crippen LogP contribution < -0.4 is 16.3 Å². The highest BCUT2D eigenvalue weighted by molar-refractivity contribution is 5.98. The van der Waals surface area contributed by atoms with Crippen LogP contribution in [0.4, 0.5) is 0 Å². The van der Waals surface area contributed by atoms with Gasteiger partial charge in [0.05, 0.1) is 0 Å². The summed E-state index contributed by atoms with van der Waals surface area (Å²) < 4.78 is 5.38. The molecule has 4 rings (SSSR count). The van der Waals surface area contributed by atoms with E-state index in [1.165, 1.54) is 0 Å². The molecule has 3 aromatic rings.